The van der Waals surface area contributed by atoms with Crippen LogP contribution in [0.25, 0.3) is 0 Å². The lowest BCUT2D eigenvalue weighted by molar-refractivity contribution is -0.0672. The number of morpholine rings is 1. The Morgan fingerprint density at radius 2 is 2.05 bits per heavy atom. The van der Waals surface area contributed by atoms with Gasteiger partial charge in [-0.05, 0) is 33.6 Å². The van der Waals surface area contributed by atoms with Crippen LogP contribution in [0.4, 0.5) is 4.79 Å². The van der Waals surface area contributed by atoms with Gasteiger partial charge in [-0.25, -0.2) is 4.79 Å². The van der Waals surface area contributed by atoms with E-state index in [9.17, 15) is 4.79 Å². The molecular formula is C15H28N2O3. The number of nitrogens with zero attached hydrogens (tertiary/aromatic N) is 1. The summed E-state index contributed by atoms with van der Waals surface area (Å²) in [5.41, 5.74) is 5.60. The molecule has 2 rings (SSSR count). The van der Waals surface area contributed by atoms with Gasteiger partial charge in [0.15, 0.2) is 0 Å². The molecule has 1 aliphatic carbocycles. The summed E-state index contributed by atoms with van der Waals surface area (Å²) in [4.78, 5) is 14.3. The fraction of sp³-hybridized carbons (Fsp3) is 0.933. The van der Waals surface area contributed by atoms with Crippen molar-refractivity contribution in [2.45, 2.75) is 58.1 Å². The van der Waals surface area contributed by atoms with Gasteiger partial charge in [0, 0.05) is 18.5 Å². The minimum absolute atomic E-state index is 0.0112. The van der Waals surface area contributed by atoms with Gasteiger partial charge in [0.2, 0.25) is 0 Å². The van der Waals surface area contributed by atoms with Gasteiger partial charge in [0.05, 0.1) is 19.3 Å². The number of amides is 1. The molecule has 5 nitrogen and oxygen atoms in total. The lowest BCUT2D eigenvalue weighted by Gasteiger charge is -2.46. The molecule has 0 radical (unpaired) electrons. The lowest BCUT2D eigenvalue weighted by Crippen LogP contribution is -2.59. The van der Waals surface area contributed by atoms with Crippen LogP contribution in [-0.4, -0.2) is 48.9 Å². The Morgan fingerprint density at radius 3 is 2.60 bits per heavy atom. The zero-order valence-corrected chi connectivity index (χ0v) is 13.0. The molecule has 1 atom stereocenters. The highest BCUT2D eigenvalue weighted by molar-refractivity contribution is 5.69. The molecule has 0 bridgehead atoms. The number of carbonyl (C=O) groups is 1. The molecule has 20 heavy (non-hydrogen) atoms. The summed E-state index contributed by atoms with van der Waals surface area (Å²) in [5.74, 6) is 0. The maximum absolute atomic E-state index is 12.4. The lowest BCUT2D eigenvalue weighted by atomic mass is 9.77. The quantitative estimate of drug-likeness (QED) is 0.843. The van der Waals surface area contributed by atoms with Crippen LogP contribution in [0.15, 0.2) is 0 Å². The molecule has 5 heteroatoms. The molecule has 0 aromatic carbocycles. The van der Waals surface area contributed by atoms with Crippen LogP contribution in [0.3, 0.4) is 0 Å². The van der Waals surface area contributed by atoms with E-state index in [0.717, 1.165) is 12.8 Å². The number of hydrogen-bond donors (Lipinski definition) is 1. The van der Waals surface area contributed by atoms with E-state index in [4.69, 9.17) is 15.2 Å². The Kier molecular flexibility index (Phi) is 4.59. The van der Waals surface area contributed by atoms with Crippen LogP contribution >= 0.6 is 0 Å². The number of rotatable bonds is 2. The third-order valence-corrected chi connectivity index (χ3v) is 4.47. The van der Waals surface area contributed by atoms with Gasteiger partial charge in [0.1, 0.15) is 5.60 Å². The Hall–Kier alpha value is -0.810. The molecule has 116 valence electrons. The van der Waals surface area contributed by atoms with Crippen molar-refractivity contribution >= 4 is 6.09 Å². The zero-order valence-electron chi connectivity index (χ0n) is 13.0. The summed E-state index contributed by atoms with van der Waals surface area (Å²) in [6.07, 6.45) is 4.31. The van der Waals surface area contributed by atoms with E-state index in [0.29, 0.717) is 26.3 Å². The minimum Gasteiger partial charge on any atom is -0.444 e. The van der Waals surface area contributed by atoms with Crippen molar-refractivity contribution in [3.8, 4) is 0 Å². The molecule has 1 aliphatic heterocycles. The second-order valence-electron chi connectivity index (χ2n) is 7.04. The molecule has 0 aromatic heterocycles. The highest BCUT2D eigenvalue weighted by Crippen LogP contribution is 2.43. The summed E-state index contributed by atoms with van der Waals surface area (Å²) in [6, 6.07) is 0.0543. The number of hydrogen-bond acceptors (Lipinski definition) is 4. The minimum atomic E-state index is -0.467. The van der Waals surface area contributed by atoms with E-state index >= 15 is 0 Å². The van der Waals surface area contributed by atoms with Crippen LogP contribution in [0, 0.1) is 5.41 Å². The van der Waals surface area contributed by atoms with E-state index in [1.807, 2.05) is 25.7 Å². The van der Waals surface area contributed by atoms with Crippen molar-refractivity contribution in [1.82, 2.24) is 4.90 Å². The molecular weight excluding hydrogens is 256 g/mol. The Morgan fingerprint density at radius 1 is 1.40 bits per heavy atom. The summed E-state index contributed by atoms with van der Waals surface area (Å²) in [6.45, 7) is 8.06. The summed E-state index contributed by atoms with van der Waals surface area (Å²) >= 11 is 0. The Bertz CT molecular complexity index is 346. The molecule has 1 unspecified atom stereocenters. The van der Waals surface area contributed by atoms with Crippen LogP contribution in [0.1, 0.15) is 46.5 Å². The highest BCUT2D eigenvalue weighted by atomic mass is 16.6. The highest BCUT2D eigenvalue weighted by Gasteiger charge is 2.46. The normalized spacial score (nSPS) is 26.6. The third-order valence-electron chi connectivity index (χ3n) is 4.47. The van der Waals surface area contributed by atoms with Crippen LogP contribution in [0.2, 0.25) is 0 Å². The van der Waals surface area contributed by atoms with Gasteiger partial charge < -0.3 is 15.2 Å². The summed E-state index contributed by atoms with van der Waals surface area (Å²) in [7, 11) is 0. The van der Waals surface area contributed by atoms with Gasteiger partial charge in [-0.15, -0.1) is 0 Å². The number of ether oxygens (including phenoxy) is 2. The first kappa shape index (κ1) is 15.6. The van der Waals surface area contributed by atoms with Crippen molar-refractivity contribution < 1.29 is 14.3 Å². The molecule has 1 heterocycles. The van der Waals surface area contributed by atoms with Crippen molar-refractivity contribution in [1.29, 1.82) is 0 Å². The summed E-state index contributed by atoms with van der Waals surface area (Å²) in [5, 5.41) is 0. The second kappa shape index (κ2) is 5.90. The topological polar surface area (TPSA) is 64.8 Å². The average molecular weight is 284 g/mol. The van der Waals surface area contributed by atoms with Crippen LogP contribution < -0.4 is 5.73 Å². The largest absolute Gasteiger partial charge is 0.444 e. The molecule has 0 aromatic rings. The van der Waals surface area contributed by atoms with E-state index in [2.05, 4.69) is 0 Å². The van der Waals surface area contributed by atoms with Crippen molar-refractivity contribution in [2.75, 3.05) is 26.3 Å². The SMILES string of the molecule is CC(C)(C)OC(=O)N1CCOCC1C1(CN)CCCC1. The van der Waals surface area contributed by atoms with Crippen LogP contribution in [-0.2, 0) is 9.47 Å². The van der Waals surface area contributed by atoms with Crippen molar-refractivity contribution in [3.63, 3.8) is 0 Å². The Labute approximate surface area is 121 Å². The smallest absolute Gasteiger partial charge is 0.410 e. The predicted octanol–water partition coefficient (Wildman–Crippen LogP) is 2.14. The molecule has 1 saturated carbocycles. The molecule has 2 N–H and O–H groups in total. The van der Waals surface area contributed by atoms with Gasteiger partial charge >= 0.3 is 6.09 Å². The van der Waals surface area contributed by atoms with Gasteiger partial charge in [-0.3, -0.25) is 4.90 Å². The first-order valence-corrected chi connectivity index (χ1v) is 7.65. The molecule has 1 amide bonds. The molecule has 2 aliphatic rings. The average Bonchev–Trinajstić information content (AvgIpc) is 2.86. The number of carbonyl (C=O) groups excluding carboxylic acids is 1. The fourth-order valence-electron chi connectivity index (χ4n) is 3.40. The molecule has 0 spiro atoms. The van der Waals surface area contributed by atoms with Gasteiger partial charge in [-0.2, -0.15) is 0 Å². The van der Waals surface area contributed by atoms with Gasteiger partial charge in [-0.1, -0.05) is 12.8 Å². The van der Waals surface area contributed by atoms with E-state index in [1.165, 1.54) is 12.8 Å². The fourth-order valence-corrected chi connectivity index (χ4v) is 3.40. The first-order valence-electron chi connectivity index (χ1n) is 7.65. The molecule has 1 saturated heterocycles. The summed E-state index contributed by atoms with van der Waals surface area (Å²) < 4.78 is 11.2. The van der Waals surface area contributed by atoms with Crippen molar-refractivity contribution in [3.05, 3.63) is 0 Å². The Balaban J connectivity index is 2.14. The van der Waals surface area contributed by atoms with Crippen molar-refractivity contribution in [2.24, 2.45) is 11.1 Å². The first-order chi connectivity index (χ1) is 9.38. The number of nitrogens with two attached hydrogens (primary N) is 1. The van der Waals surface area contributed by atoms with E-state index in [-0.39, 0.29) is 17.6 Å². The second-order valence-corrected chi connectivity index (χ2v) is 7.04. The maximum Gasteiger partial charge on any atom is 0.410 e. The third kappa shape index (κ3) is 3.26. The van der Waals surface area contributed by atoms with E-state index < -0.39 is 5.60 Å². The molecule has 2 fully saturated rings. The van der Waals surface area contributed by atoms with Gasteiger partial charge in [0.25, 0.3) is 0 Å². The predicted molar refractivity (Wildman–Crippen MR) is 77.5 cm³/mol. The van der Waals surface area contributed by atoms with E-state index in [1.54, 1.807) is 0 Å². The maximum atomic E-state index is 12.4. The standard InChI is InChI=1S/C15H28N2O3/c1-14(2,3)20-13(18)17-8-9-19-10-12(17)15(11-16)6-4-5-7-15/h12H,4-11,16H2,1-3H3. The monoisotopic (exact) mass is 284 g/mol. The zero-order chi connectivity index (χ0) is 14.8. The van der Waals surface area contributed by atoms with Crippen LogP contribution in [0.5, 0.6) is 0 Å².